The molecule has 0 saturated heterocycles. The zero-order valence-corrected chi connectivity index (χ0v) is 9.86. The molecule has 0 aliphatic carbocycles. The molecule has 0 saturated carbocycles. The Bertz CT molecular complexity index is 355. The first-order valence-corrected chi connectivity index (χ1v) is 5.29. The molecule has 0 spiro atoms. The van der Waals surface area contributed by atoms with Crippen molar-refractivity contribution in [3.8, 4) is 0 Å². The zero-order valence-electron chi connectivity index (χ0n) is 9.86. The van der Waals surface area contributed by atoms with Crippen LogP contribution in [0.4, 0.5) is 5.69 Å². The van der Waals surface area contributed by atoms with Crippen LogP contribution in [0.25, 0.3) is 6.08 Å². The highest BCUT2D eigenvalue weighted by atomic mass is 16.1. The average molecular weight is 218 g/mol. The Morgan fingerprint density at radius 3 is 2.50 bits per heavy atom. The second kappa shape index (κ2) is 6.08. The van der Waals surface area contributed by atoms with Crippen molar-refractivity contribution in [2.45, 2.75) is 6.42 Å². The van der Waals surface area contributed by atoms with Gasteiger partial charge in [-0.05, 0) is 31.8 Å². The van der Waals surface area contributed by atoms with Crippen molar-refractivity contribution in [2.24, 2.45) is 0 Å². The maximum absolute atomic E-state index is 11.5. The van der Waals surface area contributed by atoms with E-state index in [-0.39, 0.29) is 5.91 Å². The fourth-order valence-corrected chi connectivity index (χ4v) is 1.25. The fraction of sp³-hybridized carbons (Fsp3) is 0.308. The third kappa shape index (κ3) is 4.28. The van der Waals surface area contributed by atoms with Crippen LogP contribution in [0.2, 0.25) is 0 Å². The van der Waals surface area contributed by atoms with Gasteiger partial charge in [0.15, 0.2) is 0 Å². The molecule has 16 heavy (non-hydrogen) atoms. The van der Waals surface area contributed by atoms with Gasteiger partial charge < -0.3 is 10.2 Å². The van der Waals surface area contributed by atoms with Gasteiger partial charge in [-0.25, -0.2) is 0 Å². The molecular formula is C13H18N2O. The Morgan fingerprint density at radius 2 is 2.00 bits per heavy atom. The molecule has 0 aromatic heterocycles. The van der Waals surface area contributed by atoms with Crippen LogP contribution in [0.5, 0.6) is 0 Å². The molecule has 1 aromatic rings. The molecule has 86 valence electrons. The normalized spacial score (nSPS) is 10.2. The van der Waals surface area contributed by atoms with Crippen LogP contribution in [-0.4, -0.2) is 31.4 Å². The standard InChI is InChI=1S/C13H18N2O/c1-4-11-5-7-12(8-6-11)14-13(16)9-10-15(2)3/h4-8H,1,9-10H2,2-3H3,(H,14,16). The minimum absolute atomic E-state index is 0.0417. The van der Waals surface area contributed by atoms with Crippen molar-refractivity contribution >= 4 is 17.7 Å². The Balaban J connectivity index is 2.46. The zero-order chi connectivity index (χ0) is 12.0. The monoisotopic (exact) mass is 218 g/mol. The fourth-order valence-electron chi connectivity index (χ4n) is 1.25. The molecular weight excluding hydrogens is 200 g/mol. The number of benzene rings is 1. The number of nitrogens with zero attached hydrogens (tertiary/aromatic N) is 1. The van der Waals surface area contributed by atoms with E-state index in [1.807, 2.05) is 43.3 Å². The molecule has 1 amide bonds. The van der Waals surface area contributed by atoms with Crippen LogP contribution in [0.15, 0.2) is 30.8 Å². The molecule has 0 aliphatic heterocycles. The lowest BCUT2D eigenvalue weighted by Gasteiger charge is -2.09. The van der Waals surface area contributed by atoms with Crippen molar-refractivity contribution in [3.63, 3.8) is 0 Å². The molecule has 1 rings (SSSR count). The smallest absolute Gasteiger partial charge is 0.225 e. The number of amides is 1. The van der Waals surface area contributed by atoms with Gasteiger partial charge in [0, 0.05) is 18.7 Å². The van der Waals surface area contributed by atoms with Crippen LogP contribution in [0, 0.1) is 0 Å². The molecule has 0 unspecified atom stereocenters. The summed E-state index contributed by atoms with van der Waals surface area (Å²) in [7, 11) is 3.90. The number of rotatable bonds is 5. The van der Waals surface area contributed by atoms with Crippen molar-refractivity contribution in [3.05, 3.63) is 36.4 Å². The summed E-state index contributed by atoms with van der Waals surface area (Å²) in [4.78, 5) is 13.5. The van der Waals surface area contributed by atoms with E-state index in [4.69, 9.17) is 0 Å². The number of anilines is 1. The Hall–Kier alpha value is -1.61. The quantitative estimate of drug-likeness (QED) is 0.822. The van der Waals surface area contributed by atoms with Crippen LogP contribution >= 0.6 is 0 Å². The highest BCUT2D eigenvalue weighted by Crippen LogP contribution is 2.10. The van der Waals surface area contributed by atoms with Crippen LogP contribution < -0.4 is 5.32 Å². The molecule has 0 heterocycles. The number of nitrogens with one attached hydrogen (secondary N) is 1. The average Bonchev–Trinajstić information content (AvgIpc) is 2.27. The van der Waals surface area contributed by atoms with Gasteiger partial charge in [-0.2, -0.15) is 0 Å². The number of carbonyl (C=O) groups excluding carboxylic acids is 1. The number of hydrogen-bond donors (Lipinski definition) is 1. The minimum Gasteiger partial charge on any atom is -0.326 e. The van der Waals surface area contributed by atoms with E-state index in [0.29, 0.717) is 6.42 Å². The lowest BCUT2D eigenvalue weighted by atomic mass is 10.2. The van der Waals surface area contributed by atoms with E-state index >= 15 is 0 Å². The van der Waals surface area contributed by atoms with Gasteiger partial charge in [-0.15, -0.1) is 0 Å². The Labute approximate surface area is 96.8 Å². The summed E-state index contributed by atoms with van der Waals surface area (Å²) >= 11 is 0. The molecule has 0 bridgehead atoms. The van der Waals surface area contributed by atoms with Crippen LogP contribution in [-0.2, 0) is 4.79 Å². The second-order valence-electron chi connectivity index (χ2n) is 3.93. The number of hydrogen-bond acceptors (Lipinski definition) is 2. The lowest BCUT2D eigenvalue weighted by molar-refractivity contribution is -0.116. The summed E-state index contributed by atoms with van der Waals surface area (Å²) in [5.74, 6) is 0.0417. The molecule has 1 N–H and O–H groups in total. The third-order valence-corrected chi connectivity index (χ3v) is 2.22. The summed E-state index contributed by atoms with van der Waals surface area (Å²) in [5.41, 5.74) is 1.88. The Kier molecular flexibility index (Phi) is 4.73. The summed E-state index contributed by atoms with van der Waals surface area (Å²) < 4.78 is 0. The highest BCUT2D eigenvalue weighted by Gasteiger charge is 2.02. The van der Waals surface area contributed by atoms with Crippen LogP contribution in [0.1, 0.15) is 12.0 Å². The molecule has 1 aromatic carbocycles. The highest BCUT2D eigenvalue weighted by molar-refractivity contribution is 5.90. The van der Waals surface area contributed by atoms with Crippen molar-refractivity contribution in [2.75, 3.05) is 26.0 Å². The Morgan fingerprint density at radius 1 is 1.38 bits per heavy atom. The van der Waals surface area contributed by atoms with Gasteiger partial charge in [0.2, 0.25) is 5.91 Å². The molecule has 0 aliphatic rings. The first-order chi connectivity index (χ1) is 7.61. The summed E-state index contributed by atoms with van der Waals surface area (Å²) in [6.45, 7) is 4.44. The first kappa shape index (κ1) is 12.5. The van der Waals surface area contributed by atoms with Crippen molar-refractivity contribution < 1.29 is 4.79 Å². The van der Waals surface area contributed by atoms with E-state index in [1.54, 1.807) is 6.08 Å². The topological polar surface area (TPSA) is 32.3 Å². The van der Waals surface area contributed by atoms with Gasteiger partial charge in [-0.3, -0.25) is 4.79 Å². The summed E-state index contributed by atoms with van der Waals surface area (Å²) in [5, 5.41) is 2.85. The summed E-state index contributed by atoms with van der Waals surface area (Å²) in [6.07, 6.45) is 2.29. The van der Waals surface area contributed by atoms with E-state index in [2.05, 4.69) is 11.9 Å². The largest absolute Gasteiger partial charge is 0.326 e. The molecule has 3 heteroatoms. The minimum atomic E-state index is 0.0417. The summed E-state index contributed by atoms with van der Waals surface area (Å²) in [6, 6.07) is 7.61. The van der Waals surface area contributed by atoms with E-state index in [0.717, 1.165) is 17.8 Å². The molecule has 3 nitrogen and oxygen atoms in total. The molecule has 0 fully saturated rings. The van der Waals surface area contributed by atoms with E-state index in [9.17, 15) is 4.79 Å². The molecule has 0 atom stereocenters. The maximum atomic E-state index is 11.5. The second-order valence-corrected chi connectivity index (χ2v) is 3.93. The predicted octanol–water partition coefficient (Wildman–Crippen LogP) is 2.22. The van der Waals surface area contributed by atoms with Gasteiger partial charge in [0.05, 0.1) is 0 Å². The third-order valence-electron chi connectivity index (χ3n) is 2.22. The SMILES string of the molecule is C=Cc1ccc(NC(=O)CCN(C)C)cc1. The van der Waals surface area contributed by atoms with Gasteiger partial charge in [0.1, 0.15) is 0 Å². The van der Waals surface area contributed by atoms with Crippen molar-refractivity contribution in [1.29, 1.82) is 0 Å². The maximum Gasteiger partial charge on any atom is 0.225 e. The van der Waals surface area contributed by atoms with E-state index < -0.39 is 0 Å². The van der Waals surface area contributed by atoms with Crippen molar-refractivity contribution in [1.82, 2.24) is 4.90 Å². The first-order valence-electron chi connectivity index (χ1n) is 5.29. The van der Waals surface area contributed by atoms with Gasteiger partial charge in [-0.1, -0.05) is 24.8 Å². The molecule has 0 radical (unpaired) electrons. The lowest BCUT2D eigenvalue weighted by Crippen LogP contribution is -2.20. The van der Waals surface area contributed by atoms with Crippen LogP contribution in [0.3, 0.4) is 0 Å². The van der Waals surface area contributed by atoms with Gasteiger partial charge >= 0.3 is 0 Å². The number of carbonyl (C=O) groups is 1. The van der Waals surface area contributed by atoms with E-state index in [1.165, 1.54) is 0 Å². The predicted molar refractivity (Wildman–Crippen MR) is 68.3 cm³/mol. The van der Waals surface area contributed by atoms with Gasteiger partial charge in [0.25, 0.3) is 0 Å².